The lowest BCUT2D eigenvalue weighted by molar-refractivity contribution is -0.119. The van der Waals surface area contributed by atoms with Crippen molar-refractivity contribution in [1.82, 2.24) is 15.3 Å². The number of aliphatic hydroxyl groups is 1. The molecule has 39 heavy (non-hydrogen) atoms. The molecule has 0 spiro atoms. The summed E-state index contributed by atoms with van der Waals surface area (Å²) in [6, 6.07) is 26.0. The maximum atomic E-state index is 12.2. The number of aromatic nitrogens is 2. The maximum absolute atomic E-state index is 12.2. The molecule has 0 saturated carbocycles. The van der Waals surface area contributed by atoms with Crippen LogP contribution in [0, 0.1) is 0 Å². The summed E-state index contributed by atoms with van der Waals surface area (Å²) in [5.41, 5.74) is 10.4. The third-order valence-corrected chi connectivity index (χ3v) is 5.81. The number of carbonyl (C=O) groups is 1. The lowest BCUT2D eigenvalue weighted by Gasteiger charge is -2.11. The molecule has 1 amide bonds. The first-order valence-corrected chi connectivity index (χ1v) is 12.0. The molecule has 0 radical (unpaired) electrons. The highest BCUT2D eigenvalue weighted by Crippen LogP contribution is 2.25. The summed E-state index contributed by atoms with van der Waals surface area (Å²) < 4.78 is 32.5. The molecule has 200 valence electrons. The molecule has 1 aliphatic heterocycles. The van der Waals surface area contributed by atoms with Gasteiger partial charge in [0, 0.05) is 42.5 Å². The van der Waals surface area contributed by atoms with Crippen LogP contribution < -0.4 is 10.7 Å². The fourth-order valence-corrected chi connectivity index (χ4v) is 3.83. The highest BCUT2D eigenvalue weighted by atomic mass is 19.4. The van der Waals surface area contributed by atoms with E-state index in [2.05, 4.69) is 39.4 Å². The van der Waals surface area contributed by atoms with E-state index in [1.54, 1.807) is 6.20 Å². The van der Waals surface area contributed by atoms with Gasteiger partial charge in [0.05, 0.1) is 22.7 Å². The summed E-state index contributed by atoms with van der Waals surface area (Å²) in [6.07, 6.45) is -1.41. The summed E-state index contributed by atoms with van der Waals surface area (Å²) in [5, 5.41) is 15.2. The van der Waals surface area contributed by atoms with Gasteiger partial charge in [0.2, 0.25) is 0 Å². The lowest BCUT2D eigenvalue weighted by Crippen LogP contribution is -2.31. The number of nitrogens with one attached hydrogen (secondary N) is 3. The third kappa shape index (κ3) is 7.35. The lowest BCUT2D eigenvalue weighted by atomic mass is 10.0. The molecule has 5 rings (SSSR count). The van der Waals surface area contributed by atoms with Crippen molar-refractivity contribution in [3.63, 3.8) is 0 Å². The number of aliphatic hydroxyl groups excluding tert-OH is 1. The molecule has 0 aliphatic carbocycles. The number of aromatic amines is 1. The number of amides is 1. The monoisotopic (exact) mass is 533 g/mol. The molecule has 4 aromatic rings. The van der Waals surface area contributed by atoms with Gasteiger partial charge in [-0.3, -0.25) is 15.2 Å². The molecule has 2 aromatic carbocycles. The van der Waals surface area contributed by atoms with E-state index in [4.69, 9.17) is 10.2 Å². The van der Waals surface area contributed by atoms with Crippen LogP contribution in [0.15, 0.2) is 102 Å². The van der Waals surface area contributed by atoms with E-state index in [-0.39, 0.29) is 5.91 Å². The first-order valence-electron chi connectivity index (χ1n) is 12.0. The standard InChI is InChI=1S/C26H23N5O.C3H3F3O/c32-26-21-17-23(29-22(21)12-14-28-26)19-11-13-27-24(16-19)25(15-18-7-3-1-4-8-18)31-30-20-9-5-2-6-10-20;1-2(7)3(4,5)6/h1-11,13,16-17,29-30H,12,14-15H2,(H,28,32);7H,1H2/b31-25+;. The molecule has 0 fully saturated rings. The molecule has 1 aliphatic rings. The minimum Gasteiger partial charge on any atom is -0.505 e. The molecule has 0 bridgehead atoms. The number of hydrazone groups is 1. The van der Waals surface area contributed by atoms with Crippen LogP contribution in [0.5, 0.6) is 0 Å². The van der Waals surface area contributed by atoms with E-state index in [1.807, 2.05) is 66.7 Å². The van der Waals surface area contributed by atoms with Crippen molar-refractivity contribution in [3.05, 3.63) is 120 Å². The number of halogens is 3. The van der Waals surface area contributed by atoms with Crippen molar-refractivity contribution < 1.29 is 23.1 Å². The number of rotatable bonds is 6. The highest BCUT2D eigenvalue weighted by Gasteiger charge is 2.31. The molecular formula is C29H26F3N5O2. The topological polar surface area (TPSA) is 102 Å². The Morgan fingerprint density at radius 2 is 1.72 bits per heavy atom. The van der Waals surface area contributed by atoms with Crippen molar-refractivity contribution in [1.29, 1.82) is 0 Å². The molecule has 4 N–H and O–H groups in total. The Balaban J connectivity index is 0.000000448. The maximum Gasteiger partial charge on any atom is 0.448 e. The number of alkyl halides is 3. The van der Waals surface area contributed by atoms with Crippen LogP contribution in [0.3, 0.4) is 0 Å². The van der Waals surface area contributed by atoms with Gasteiger partial charge in [-0.05, 0) is 35.9 Å². The SMILES string of the molecule is C=C(O)C(F)(F)F.O=C1NCCc2[nH]c(-c3ccnc(/C(Cc4ccccc4)=N/Nc4ccccc4)c3)cc21. The summed E-state index contributed by atoms with van der Waals surface area (Å²) in [6.45, 7) is 2.92. The molecule has 7 nitrogen and oxygen atoms in total. The minimum absolute atomic E-state index is 0.0265. The van der Waals surface area contributed by atoms with Crippen molar-refractivity contribution in [2.75, 3.05) is 12.0 Å². The fourth-order valence-electron chi connectivity index (χ4n) is 3.83. The number of hydrogen-bond donors (Lipinski definition) is 4. The largest absolute Gasteiger partial charge is 0.505 e. The smallest absolute Gasteiger partial charge is 0.448 e. The number of pyridine rings is 1. The van der Waals surface area contributed by atoms with Crippen LogP contribution in [-0.4, -0.2) is 39.4 Å². The van der Waals surface area contributed by atoms with Gasteiger partial charge in [0.25, 0.3) is 5.91 Å². The number of hydrogen-bond acceptors (Lipinski definition) is 5. The van der Waals surface area contributed by atoms with E-state index in [9.17, 15) is 18.0 Å². The predicted molar refractivity (Wildman–Crippen MR) is 145 cm³/mol. The van der Waals surface area contributed by atoms with Gasteiger partial charge in [0.15, 0.2) is 5.76 Å². The number of nitrogens with zero attached hydrogens (tertiary/aromatic N) is 2. The Labute approximate surface area is 223 Å². The van der Waals surface area contributed by atoms with Gasteiger partial charge in [-0.2, -0.15) is 18.3 Å². The van der Waals surface area contributed by atoms with Gasteiger partial charge in [-0.25, -0.2) is 0 Å². The molecule has 10 heteroatoms. The first-order chi connectivity index (χ1) is 18.7. The van der Waals surface area contributed by atoms with Crippen LogP contribution in [0.25, 0.3) is 11.3 Å². The Morgan fingerprint density at radius 3 is 2.36 bits per heavy atom. The Bertz CT molecular complexity index is 1470. The zero-order valence-corrected chi connectivity index (χ0v) is 20.8. The van der Waals surface area contributed by atoms with Crippen LogP contribution in [0.4, 0.5) is 18.9 Å². The number of carbonyl (C=O) groups excluding carboxylic acids is 1. The Kier molecular flexibility index (Phi) is 8.45. The van der Waals surface area contributed by atoms with Gasteiger partial charge in [-0.1, -0.05) is 55.1 Å². The minimum atomic E-state index is -4.64. The number of fused-ring (bicyclic) bond motifs is 1. The molecule has 2 aromatic heterocycles. The number of anilines is 1. The van der Waals surface area contributed by atoms with Crippen LogP contribution in [0.1, 0.15) is 27.3 Å². The molecule has 0 atom stereocenters. The summed E-state index contributed by atoms with van der Waals surface area (Å²) in [5.74, 6) is -1.78. The Hall–Kier alpha value is -4.86. The number of allylic oxidation sites excluding steroid dienone is 1. The van der Waals surface area contributed by atoms with Crippen LogP contribution in [-0.2, 0) is 12.8 Å². The second-order valence-electron chi connectivity index (χ2n) is 8.65. The van der Waals surface area contributed by atoms with Gasteiger partial charge in [0.1, 0.15) is 0 Å². The molecule has 3 heterocycles. The quantitative estimate of drug-likeness (QED) is 0.138. The van der Waals surface area contributed by atoms with Gasteiger partial charge in [-0.15, -0.1) is 0 Å². The zero-order chi connectivity index (χ0) is 27.8. The van der Waals surface area contributed by atoms with E-state index in [0.717, 1.165) is 46.0 Å². The van der Waals surface area contributed by atoms with Gasteiger partial charge >= 0.3 is 6.18 Å². The van der Waals surface area contributed by atoms with Crippen molar-refractivity contribution >= 4 is 17.3 Å². The first kappa shape index (κ1) is 27.2. The fraction of sp³-hybridized carbons (Fsp3) is 0.138. The van der Waals surface area contributed by atoms with Crippen LogP contribution >= 0.6 is 0 Å². The van der Waals surface area contributed by atoms with Crippen LogP contribution in [0.2, 0.25) is 0 Å². The molecule has 0 unspecified atom stereocenters. The number of benzene rings is 2. The van der Waals surface area contributed by atoms with E-state index in [1.165, 1.54) is 0 Å². The number of para-hydroxylation sites is 1. The average molecular weight is 534 g/mol. The van der Waals surface area contributed by atoms with E-state index < -0.39 is 11.9 Å². The Morgan fingerprint density at radius 1 is 1.05 bits per heavy atom. The molecule has 0 saturated heterocycles. The normalized spacial score (nSPS) is 13.0. The van der Waals surface area contributed by atoms with E-state index in [0.29, 0.717) is 18.5 Å². The second-order valence-corrected chi connectivity index (χ2v) is 8.65. The summed E-state index contributed by atoms with van der Waals surface area (Å²) in [4.78, 5) is 20.2. The van der Waals surface area contributed by atoms with E-state index >= 15 is 0 Å². The van der Waals surface area contributed by atoms with Crippen molar-refractivity contribution in [3.8, 4) is 11.3 Å². The zero-order valence-electron chi connectivity index (χ0n) is 20.8. The third-order valence-electron chi connectivity index (χ3n) is 5.81. The summed E-state index contributed by atoms with van der Waals surface area (Å²) in [7, 11) is 0. The van der Waals surface area contributed by atoms with Gasteiger partial charge < -0.3 is 15.4 Å². The second kappa shape index (κ2) is 12.1. The van der Waals surface area contributed by atoms with Crippen molar-refractivity contribution in [2.45, 2.75) is 19.0 Å². The summed E-state index contributed by atoms with van der Waals surface area (Å²) >= 11 is 0. The van der Waals surface area contributed by atoms with Crippen molar-refractivity contribution in [2.24, 2.45) is 5.10 Å². The predicted octanol–water partition coefficient (Wildman–Crippen LogP) is 6.04. The number of H-pyrrole nitrogens is 1. The molecular weight excluding hydrogens is 507 g/mol. The average Bonchev–Trinajstić information content (AvgIpc) is 3.38. The highest BCUT2D eigenvalue weighted by molar-refractivity contribution is 6.02.